The maximum absolute atomic E-state index is 11.0. The van der Waals surface area contributed by atoms with Crippen LogP contribution in [-0.4, -0.2) is 22.0 Å². The lowest BCUT2D eigenvalue weighted by atomic mass is 9.96. The summed E-state index contributed by atoms with van der Waals surface area (Å²) in [6, 6.07) is 0. The molecule has 0 aliphatic rings. The van der Waals surface area contributed by atoms with Crippen LogP contribution in [0.25, 0.3) is 0 Å². The first-order valence-electron chi connectivity index (χ1n) is 5.10. The topological polar surface area (TPSA) is 50.2 Å². The fourth-order valence-corrected chi connectivity index (χ4v) is 1.99. The molecule has 0 aliphatic heterocycles. The normalized spacial score (nSPS) is 14.9. The Hall–Kier alpha value is -0.740. The van der Waals surface area contributed by atoms with Crippen molar-refractivity contribution in [2.75, 3.05) is 0 Å². The van der Waals surface area contributed by atoms with Gasteiger partial charge in [-0.05, 0) is 26.7 Å². The van der Waals surface area contributed by atoms with Crippen molar-refractivity contribution in [3.8, 4) is 0 Å². The second kappa shape index (κ2) is 5.37. The predicted octanol–water partition coefficient (Wildman–Crippen LogP) is 1.97. The first-order valence-corrected chi connectivity index (χ1v) is 5.98. The monoisotopic (exact) mass is 227 g/mol. The van der Waals surface area contributed by atoms with Gasteiger partial charge in [0.2, 0.25) is 0 Å². The van der Waals surface area contributed by atoms with Crippen molar-refractivity contribution >= 4 is 17.1 Å². The summed E-state index contributed by atoms with van der Waals surface area (Å²) in [7, 11) is 0. The van der Waals surface area contributed by atoms with Crippen LogP contribution < -0.4 is 0 Å². The number of aromatic nitrogens is 1. The van der Waals surface area contributed by atoms with Crippen molar-refractivity contribution in [2.45, 2.75) is 39.7 Å². The molecule has 1 N–H and O–H groups in total. The SMILES string of the molecule is CC(=O)[C@@H](C)[C@H](O)CCc1csc(C)n1. The molecule has 1 aromatic rings. The lowest BCUT2D eigenvalue weighted by Gasteiger charge is -2.15. The largest absolute Gasteiger partial charge is 0.392 e. The summed E-state index contributed by atoms with van der Waals surface area (Å²) < 4.78 is 0. The number of hydrogen-bond acceptors (Lipinski definition) is 4. The van der Waals surface area contributed by atoms with Gasteiger partial charge in [0.05, 0.1) is 16.8 Å². The minimum atomic E-state index is -0.551. The van der Waals surface area contributed by atoms with Crippen molar-refractivity contribution in [1.29, 1.82) is 0 Å². The van der Waals surface area contributed by atoms with Crippen LogP contribution >= 0.6 is 11.3 Å². The van der Waals surface area contributed by atoms with E-state index in [9.17, 15) is 9.90 Å². The molecule has 0 saturated carbocycles. The molecular formula is C11H17NO2S. The van der Waals surface area contributed by atoms with Gasteiger partial charge < -0.3 is 5.11 Å². The molecule has 4 heteroatoms. The molecule has 15 heavy (non-hydrogen) atoms. The van der Waals surface area contributed by atoms with E-state index in [0.29, 0.717) is 6.42 Å². The predicted molar refractivity (Wildman–Crippen MR) is 61.0 cm³/mol. The number of thiazole rings is 1. The molecule has 1 rings (SSSR count). The lowest BCUT2D eigenvalue weighted by Crippen LogP contribution is -2.24. The van der Waals surface area contributed by atoms with Gasteiger partial charge in [-0.2, -0.15) is 0 Å². The van der Waals surface area contributed by atoms with Crippen LogP contribution in [0.3, 0.4) is 0 Å². The van der Waals surface area contributed by atoms with Crippen LogP contribution in [0.15, 0.2) is 5.38 Å². The fourth-order valence-electron chi connectivity index (χ4n) is 1.34. The summed E-state index contributed by atoms with van der Waals surface area (Å²) in [4.78, 5) is 15.3. The van der Waals surface area contributed by atoms with Crippen molar-refractivity contribution < 1.29 is 9.90 Å². The number of Topliss-reactive ketones (excluding diaryl/α,β-unsaturated/α-hetero) is 1. The van der Waals surface area contributed by atoms with E-state index < -0.39 is 6.10 Å². The van der Waals surface area contributed by atoms with E-state index in [4.69, 9.17) is 0 Å². The fraction of sp³-hybridized carbons (Fsp3) is 0.636. The van der Waals surface area contributed by atoms with Crippen molar-refractivity contribution in [3.63, 3.8) is 0 Å². The summed E-state index contributed by atoms with van der Waals surface area (Å²) in [6.45, 7) is 5.24. The van der Waals surface area contributed by atoms with Gasteiger partial charge in [0.1, 0.15) is 5.78 Å². The zero-order chi connectivity index (χ0) is 11.4. The maximum Gasteiger partial charge on any atom is 0.135 e. The van der Waals surface area contributed by atoms with Gasteiger partial charge in [-0.15, -0.1) is 11.3 Å². The Morgan fingerprint density at radius 3 is 2.80 bits per heavy atom. The van der Waals surface area contributed by atoms with Gasteiger partial charge in [-0.1, -0.05) is 6.92 Å². The Labute approximate surface area is 94.2 Å². The average Bonchev–Trinajstić information content (AvgIpc) is 2.59. The molecule has 1 aromatic heterocycles. The van der Waals surface area contributed by atoms with Gasteiger partial charge in [-0.3, -0.25) is 4.79 Å². The van der Waals surface area contributed by atoms with Crippen LogP contribution in [0, 0.1) is 12.8 Å². The van der Waals surface area contributed by atoms with E-state index >= 15 is 0 Å². The summed E-state index contributed by atoms with van der Waals surface area (Å²) in [5.41, 5.74) is 1.01. The molecule has 0 fully saturated rings. The molecule has 0 aliphatic carbocycles. The number of nitrogens with zero attached hydrogens (tertiary/aromatic N) is 1. The molecule has 2 atom stereocenters. The first-order chi connectivity index (χ1) is 7.00. The second-order valence-electron chi connectivity index (χ2n) is 3.86. The number of carbonyl (C=O) groups is 1. The minimum absolute atomic E-state index is 0.0389. The van der Waals surface area contributed by atoms with Crippen LogP contribution in [0.2, 0.25) is 0 Å². The zero-order valence-corrected chi connectivity index (χ0v) is 10.2. The summed E-state index contributed by atoms with van der Waals surface area (Å²) >= 11 is 1.61. The van der Waals surface area contributed by atoms with Crippen LogP contribution in [0.1, 0.15) is 31.0 Å². The van der Waals surface area contributed by atoms with Gasteiger partial charge in [-0.25, -0.2) is 4.98 Å². The molecule has 0 bridgehead atoms. The molecule has 0 radical (unpaired) electrons. The smallest absolute Gasteiger partial charge is 0.135 e. The molecule has 0 saturated heterocycles. The van der Waals surface area contributed by atoms with E-state index in [1.807, 2.05) is 12.3 Å². The number of aliphatic hydroxyl groups is 1. The van der Waals surface area contributed by atoms with Crippen molar-refractivity contribution in [3.05, 3.63) is 16.1 Å². The van der Waals surface area contributed by atoms with E-state index in [1.54, 1.807) is 18.3 Å². The van der Waals surface area contributed by atoms with Gasteiger partial charge in [0, 0.05) is 11.3 Å². The Bertz CT molecular complexity index is 335. The van der Waals surface area contributed by atoms with Gasteiger partial charge in [0.15, 0.2) is 0 Å². The van der Waals surface area contributed by atoms with E-state index in [2.05, 4.69) is 4.98 Å². The number of aliphatic hydroxyl groups excluding tert-OH is 1. The Morgan fingerprint density at radius 2 is 2.33 bits per heavy atom. The minimum Gasteiger partial charge on any atom is -0.392 e. The van der Waals surface area contributed by atoms with Crippen LogP contribution in [0.5, 0.6) is 0 Å². The van der Waals surface area contributed by atoms with E-state index in [-0.39, 0.29) is 11.7 Å². The highest BCUT2D eigenvalue weighted by Gasteiger charge is 2.18. The third-order valence-electron chi connectivity index (χ3n) is 2.58. The molecule has 84 valence electrons. The number of rotatable bonds is 5. The van der Waals surface area contributed by atoms with Gasteiger partial charge >= 0.3 is 0 Å². The molecule has 0 unspecified atom stereocenters. The molecule has 0 amide bonds. The molecule has 3 nitrogen and oxygen atoms in total. The van der Waals surface area contributed by atoms with Crippen molar-refractivity contribution in [1.82, 2.24) is 4.98 Å². The quantitative estimate of drug-likeness (QED) is 0.836. The third kappa shape index (κ3) is 3.72. The van der Waals surface area contributed by atoms with Crippen LogP contribution in [0.4, 0.5) is 0 Å². The molecule has 0 spiro atoms. The maximum atomic E-state index is 11.0. The van der Waals surface area contributed by atoms with Crippen molar-refractivity contribution in [2.24, 2.45) is 5.92 Å². The van der Waals surface area contributed by atoms with E-state index in [1.165, 1.54) is 6.92 Å². The van der Waals surface area contributed by atoms with Crippen LogP contribution in [-0.2, 0) is 11.2 Å². The number of ketones is 1. The lowest BCUT2D eigenvalue weighted by molar-refractivity contribution is -0.123. The summed E-state index contributed by atoms with van der Waals surface area (Å²) in [6.07, 6.45) is 0.789. The summed E-state index contributed by atoms with van der Waals surface area (Å²) in [5.74, 6) is -0.235. The first kappa shape index (κ1) is 12.3. The average molecular weight is 227 g/mol. The molecule has 1 heterocycles. The Morgan fingerprint density at radius 1 is 1.67 bits per heavy atom. The molecule has 0 aromatic carbocycles. The van der Waals surface area contributed by atoms with E-state index in [0.717, 1.165) is 17.1 Å². The van der Waals surface area contributed by atoms with Gasteiger partial charge in [0.25, 0.3) is 0 Å². The Kier molecular flexibility index (Phi) is 4.42. The Balaban J connectivity index is 2.40. The second-order valence-corrected chi connectivity index (χ2v) is 4.93. The molecular weight excluding hydrogens is 210 g/mol. The standard InChI is InChI=1S/C11H17NO2S/c1-7(8(2)13)11(14)5-4-10-6-15-9(3)12-10/h6-7,11,14H,4-5H2,1-3H3/t7-,11-/m1/s1. The number of hydrogen-bond donors (Lipinski definition) is 1. The zero-order valence-electron chi connectivity index (χ0n) is 9.36. The third-order valence-corrected chi connectivity index (χ3v) is 3.40. The highest BCUT2D eigenvalue weighted by atomic mass is 32.1. The highest BCUT2D eigenvalue weighted by molar-refractivity contribution is 7.09. The summed E-state index contributed by atoms with van der Waals surface area (Å²) in [5, 5.41) is 12.8. The highest BCUT2D eigenvalue weighted by Crippen LogP contribution is 2.14. The number of carbonyl (C=O) groups excluding carboxylic acids is 1. The number of aryl methyl sites for hydroxylation is 2.